The molecule has 0 unspecified atom stereocenters. The Morgan fingerprint density at radius 1 is 0.929 bits per heavy atom. The summed E-state index contributed by atoms with van der Waals surface area (Å²) in [7, 11) is 0. The van der Waals surface area contributed by atoms with E-state index in [1.54, 1.807) is 6.26 Å². The summed E-state index contributed by atoms with van der Waals surface area (Å²) in [6.07, 6.45) is 1.61. The fourth-order valence-corrected chi connectivity index (χ4v) is 5.34. The highest BCUT2D eigenvalue weighted by Gasteiger charge is 2.88. The molecule has 2 aliphatic rings. The lowest BCUT2D eigenvalue weighted by Gasteiger charge is -2.28. The number of fused-ring (bicyclic) bond motifs is 1. The second-order valence-corrected chi connectivity index (χ2v) is 8.11. The van der Waals surface area contributed by atoms with Crippen LogP contribution in [0.1, 0.15) is 29.4 Å². The van der Waals surface area contributed by atoms with Crippen LogP contribution in [-0.2, 0) is 15.0 Å². The molecule has 0 N–H and O–H groups in total. The van der Waals surface area contributed by atoms with Crippen LogP contribution in [0.2, 0.25) is 0 Å². The standard InChI is InChI=1S/C24H21NO3/c1-15-12-16(2)14-18(13-15)25-21(26)20-23(3,22(25)27)24(20,19-10-7-11-28-19)17-8-5-4-6-9-17/h4-14,20H,1-3H3/t20-,23-,24+/m1/s1. The van der Waals surface area contributed by atoms with Crippen molar-refractivity contribution in [3.05, 3.63) is 89.4 Å². The van der Waals surface area contributed by atoms with E-state index >= 15 is 0 Å². The third kappa shape index (κ3) is 1.85. The predicted octanol–water partition coefficient (Wildman–Crippen LogP) is 4.39. The SMILES string of the molecule is Cc1cc(C)cc(N2C(=O)[C@H]3[C@](c4ccccc4)(c4ccco4)[C@@]3(C)C2=O)c1. The third-order valence-electron chi connectivity index (χ3n) is 6.46. The number of carbonyl (C=O) groups excluding carboxylic acids is 2. The molecular formula is C24H21NO3. The minimum Gasteiger partial charge on any atom is -0.468 e. The minimum atomic E-state index is -0.860. The zero-order chi connectivity index (χ0) is 19.7. The normalized spacial score (nSPS) is 28.5. The lowest BCUT2D eigenvalue weighted by atomic mass is 9.82. The zero-order valence-corrected chi connectivity index (χ0v) is 16.1. The van der Waals surface area contributed by atoms with Crippen LogP contribution in [0, 0.1) is 25.2 Å². The highest BCUT2D eigenvalue weighted by atomic mass is 16.3. The Morgan fingerprint density at radius 2 is 1.61 bits per heavy atom. The van der Waals surface area contributed by atoms with Crippen molar-refractivity contribution in [1.29, 1.82) is 0 Å². The fourth-order valence-electron chi connectivity index (χ4n) is 5.34. The molecule has 28 heavy (non-hydrogen) atoms. The first kappa shape index (κ1) is 17.0. The Labute approximate surface area is 163 Å². The molecule has 2 heterocycles. The number of hydrogen-bond donors (Lipinski definition) is 0. The van der Waals surface area contributed by atoms with E-state index in [0.29, 0.717) is 11.4 Å². The molecule has 1 aliphatic carbocycles. The number of amides is 2. The molecule has 2 aromatic carbocycles. The number of hydrogen-bond acceptors (Lipinski definition) is 3. The summed E-state index contributed by atoms with van der Waals surface area (Å²) in [5.41, 5.74) is 2.05. The quantitative estimate of drug-likeness (QED) is 0.642. The average Bonchev–Trinajstić information content (AvgIpc) is 2.96. The molecule has 1 aromatic heterocycles. The van der Waals surface area contributed by atoms with E-state index in [0.717, 1.165) is 16.7 Å². The van der Waals surface area contributed by atoms with Crippen LogP contribution in [0.3, 0.4) is 0 Å². The first-order valence-corrected chi connectivity index (χ1v) is 9.48. The summed E-state index contributed by atoms with van der Waals surface area (Å²) < 4.78 is 5.77. The molecule has 0 radical (unpaired) electrons. The Morgan fingerprint density at radius 3 is 2.14 bits per heavy atom. The number of piperidine rings is 1. The summed E-state index contributed by atoms with van der Waals surface area (Å²) in [5, 5.41) is 0. The molecule has 140 valence electrons. The van der Waals surface area contributed by atoms with Gasteiger partial charge in [0.2, 0.25) is 11.8 Å². The lowest BCUT2D eigenvalue weighted by molar-refractivity contribution is -0.125. The Bertz CT molecular complexity index is 1080. The molecule has 4 nitrogen and oxygen atoms in total. The van der Waals surface area contributed by atoms with Gasteiger partial charge in [0.1, 0.15) is 5.76 Å². The summed E-state index contributed by atoms with van der Waals surface area (Å²) in [5.74, 6) is -0.111. The van der Waals surface area contributed by atoms with Crippen molar-refractivity contribution in [2.75, 3.05) is 4.90 Å². The van der Waals surface area contributed by atoms with Crippen molar-refractivity contribution >= 4 is 17.5 Å². The largest absolute Gasteiger partial charge is 0.468 e. The van der Waals surface area contributed by atoms with Gasteiger partial charge < -0.3 is 4.42 Å². The topological polar surface area (TPSA) is 50.5 Å². The summed E-state index contributed by atoms with van der Waals surface area (Å²) >= 11 is 0. The lowest BCUT2D eigenvalue weighted by Crippen LogP contribution is -2.42. The number of anilines is 1. The molecule has 2 amide bonds. The Balaban J connectivity index is 1.67. The molecule has 0 spiro atoms. The second kappa shape index (κ2) is 5.44. The van der Waals surface area contributed by atoms with Gasteiger partial charge in [0.25, 0.3) is 0 Å². The van der Waals surface area contributed by atoms with E-state index in [9.17, 15) is 9.59 Å². The smallest absolute Gasteiger partial charge is 0.241 e. The molecule has 2 fully saturated rings. The van der Waals surface area contributed by atoms with Gasteiger partial charge in [-0.2, -0.15) is 0 Å². The van der Waals surface area contributed by atoms with Crippen molar-refractivity contribution in [3.63, 3.8) is 0 Å². The van der Waals surface area contributed by atoms with E-state index in [-0.39, 0.29) is 11.8 Å². The van der Waals surface area contributed by atoms with Crippen LogP contribution in [0.15, 0.2) is 71.3 Å². The van der Waals surface area contributed by atoms with Gasteiger partial charge >= 0.3 is 0 Å². The van der Waals surface area contributed by atoms with Crippen LogP contribution in [-0.4, -0.2) is 11.8 Å². The van der Waals surface area contributed by atoms with Crippen molar-refractivity contribution in [3.8, 4) is 0 Å². The van der Waals surface area contributed by atoms with Crippen LogP contribution < -0.4 is 4.90 Å². The average molecular weight is 371 g/mol. The van der Waals surface area contributed by atoms with Crippen LogP contribution in [0.25, 0.3) is 0 Å². The van der Waals surface area contributed by atoms with E-state index < -0.39 is 16.7 Å². The van der Waals surface area contributed by atoms with Crippen LogP contribution >= 0.6 is 0 Å². The van der Waals surface area contributed by atoms with Crippen LogP contribution in [0.5, 0.6) is 0 Å². The van der Waals surface area contributed by atoms with Gasteiger partial charge in [-0.05, 0) is 61.7 Å². The number of aryl methyl sites for hydroxylation is 2. The maximum atomic E-state index is 13.6. The summed E-state index contributed by atoms with van der Waals surface area (Å²) in [6.45, 7) is 5.85. The maximum absolute atomic E-state index is 13.6. The van der Waals surface area contributed by atoms with Gasteiger partial charge in [0.05, 0.1) is 28.7 Å². The number of nitrogens with zero attached hydrogens (tertiary/aromatic N) is 1. The zero-order valence-electron chi connectivity index (χ0n) is 16.1. The predicted molar refractivity (Wildman–Crippen MR) is 106 cm³/mol. The molecule has 5 rings (SSSR count). The van der Waals surface area contributed by atoms with Crippen molar-refractivity contribution in [2.24, 2.45) is 11.3 Å². The monoisotopic (exact) mass is 371 g/mol. The molecule has 3 atom stereocenters. The van der Waals surface area contributed by atoms with Crippen molar-refractivity contribution in [2.45, 2.75) is 26.2 Å². The van der Waals surface area contributed by atoms with Gasteiger partial charge in [0, 0.05) is 0 Å². The summed E-state index contributed by atoms with van der Waals surface area (Å²) in [6, 6.07) is 19.3. The molecule has 1 saturated heterocycles. The third-order valence-corrected chi connectivity index (χ3v) is 6.46. The minimum absolute atomic E-state index is 0.155. The molecule has 1 aliphatic heterocycles. The number of imide groups is 1. The number of benzene rings is 2. The van der Waals surface area contributed by atoms with Crippen molar-refractivity contribution in [1.82, 2.24) is 0 Å². The fraction of sp³-hybridized carbons (Fsp3) is 0.250. The summed E-state index contributed by atoms with van der Waals surface area (Å²) in [4.78, 5) is 28.6. The van der Waals surface area contributed by atoms with E-state index in [4.69, 9.17) is 4.42 Å². The number of carbonyl (C=O) groups is 2. The van der Waals surface area contributed by atoms with Gasteiger partial charge in [-0.3, -0.25) is 9.59 Å². The maximum Gasteiger partial charge on any atom is 0.241 e. The first-order chi connectivity index (χ1) is 13.4. The molecule has 4 heteroatoms. The highest BCUT2D eigenvalue weighted by molar-refractivity contribution is 6.29. The molecular weight excluding hydrogens is 350 g/mol. The van der Waals surface area contributed by atoms with Gasteiger partial charge in [0.15, 0.2) is 0 Å². The molecule has 1 saturated carbocycles. The first-order valence-electron chi connectivity index (χ1n) is 9.48. The number of rotatable bonds is 3. The number of furan rings is 1. The van der Waals surface area contributed by atoms with Crippen LogP contribution in [0.4, 0.5) is 5.69 Å². The van der Waals surface area contributed by atoms with E-state index in [2.05, 4.69) is 0 Å². The van der Waals surface area contributed by atoms with Gasteiger partial charge in [-0.15, -0.1) is 0 Å². The molecule has 3 aromatic rings. The van der Waals surface area contributed by atoms with E-state index in [1.165, 1.54) is 4.90 Å². The van der Waals surface area contributed by atoms with E-state index in [1.807, 2.05) is 81.4 Å². The van der Waals surface area contributed by atoms with Gasteiger partial charge in [-0.1, -0.05) is 36.4 Å². The van der Waals surface area contributed by atoms with Gasteiger partial charge in [-0.25, -0.2) is 4.90 Å². The Kier molecular flexibility index (Phi) is 3.30. The molecule has 0 bridgehead atoms. The highest BCUT2D eigenvalue weighted by Crippen LogP contribution is 2.76. The Hall–Kier alpha value is -3.14. The second-order valence-electron chi connectivity index (χ2n) is 8.11. The van der Waals surface area contributed by atoms with Crippen molar-refractivity contribution < 1.29 is 14.0 Å².